The van der Waals surface area contributed by atoms with Gasteiger partial charge in [0.2, 0.25) is 15.9 Å². The number of para-hydroxylation sites is 1. The predicted octanol–water partition coefficient (Wildman–Crippen LogP) is 3.09. The van der Waals surface area contributed by atoms with Crippen LogP contribution in [0.5, 0.6) is 5.75 Å². The number of amides is 2. The molecule has 3 aliphatic heterocycles. The zero-order valence-electron chi connectivity index (χ0n) is 19.4. The normalized spacial score (nSPS) is 22.9. The van der Waals surface area contributed by atoms with Crippen molar-refractivity contribution in [3.63, 3.8) is 0 Å². The van der Waals surface area contributed by atoms with Crippen LogP contribution in [-0.2, 0) is 26.0 Å². The molecule has 0 saturated carbocycles. The largest absolute Gasteiger partial charge is 0.479 e. The van der Waals surface area contributed by atoms with Crippen LogP contribution in [0.25, 0.3) is 0 Å². The molecule has 2 atom stereocenters. The first-order valence-corrected chi connectivity index (χ1v) is 13.2. The van der Waals surface area contributed by atoms with E-state index in [1.165, 1.54) is 10.4 Å². The Balaban J connectivity index is 1.39. The highest BCUT2D eigenvalue weighted by Crippen LogP contribution is 2.37. The maximum absolute atomic E-state index is 13.6. The zero-order valence-corrected chi connectivity index (χ0v) is 20.2. The lowest BCUT2D eigenvalue weighted by Crippen LogP contribution is -2.48. The van der Waals surface area contributed by atoms with E-state index < -0.39 is 16.1 Å². The van der Waals surface area contributed by atoms with Gasteiger partial charge in [-0.3, -0.25) is 9.59 Å². The summed E-state index contributed by atoms with van der Waals surface area (Å²) >= 11 is 0. The molecule has 180 valence electrons. The number of carbonyl (C=O) groups is 2. The quantitative estimate of drug-likeness (QED) is 0.724. The number of nitrogens with one attached hydrogen (secondary N) is 1. The van der Waals surface area contributed by atoms with Crippen molar-refractivity contribution in [3.05, 3.63) is 47.5 Å². The van der Waals surface area contributed by atoms with Crippen molar-refractivity contribution < 1.29 is 22.7 Å². The van der Waals surface area contributed by atoms with Crippen LogP contribution in [-0.4, -0.2) is 50.3 Å². The number of hydrogen-bond donors (Lipinski definition) is 1. The molecule has 1 saturated heterocycles. The van der Waals surface area contributed by atoms with Gasteiger partial charge in [-0.25, -0.2) is 8.42 Å². The smallest absolute Gasteiger partial charge is 0.265 e. The van der Waals surface area contributed by atoms with E-state index in [-0.39, 0.29) is 29.2 Å². The topological polar surface area (TPSA) is 96.0 Å². The van der Waals surface area contributed by atoms with E-state index in [2.05, 4.69) is 11.4 Å². The zero-order chi connectivity index (χ0) is 24.0. The standard InChI is InChI=1S/C25H29N3O5S/c1-16-13-20-22(33-17(2)24(29)26-20)14-23(16)34(31,32)27-11-5-9-19(15-27)25(30)28-12-6-8-18-7-3-4-10-21(18)28/h3-4,7,10,13-14,17,19H,5-6,8-9,11-12,15H2,1-2H3,(H,26,29)/t17-,19-/m0/s1. The van der Waals surface area contributed by atoms with E-state index in [9.17, 15) is 18.0 Å². The van der Waals surface area contributed by atoms with Crippen LogP contribution in [0.2, 0.25) is 0 Å². The first-order chi connectivity index (χ1) is 16.3. The Morgan fingerprint density at radius 1 is 1.15 bits per heavy atom. The third-order valence-electron chi connectivity index (χ3n) is 6.94. The van der Waals surface area contributed by atoms with Crippen LogP contribution in [0.1, 0.15) is 37.3 Å². The van der Waals surface area contributed by atoms with Gasteiger partial charge >= 0.3 is 0 Å². The van der Waals surface area contributed by atoms with Gasteiger partial charge < -0.3 is 15.0 Å². The van der Waals surface area contributed by atoms with Gasteiger partial charge in [0, 0.05) is 31.4 Å². The third kappa shape index (κ3) is 3.96. The number of benzene rings is 2. The fourth-order valence-corrected chi connectivity index (χ4v) is 6.85. The van der Waals surface area contributed by atoms with Crippen LogP contribution >= 0.6 is 0 Å². The molecule has 0 aromatic heterocycles. The van der Waals surface area contributed by atoms with Crippen molar-refractivity contribution in [2.24, 2.45) is 5.92 Å². The van der Waals surface area contributed by atoms with Crippen LogP contribution in [0, 0.1) is 12.8 Å². The second kappa shape index (κ2) is 8.70. The Hall–Kier alpha value is -2.91. The summed E-state index contributed by atoms with van der Waals surface area (Å²) in [5, 5.41) is 2.75. The lowest BCUT2D eigenvalue weighted by atomic mass is 9.95. The highest BCUT2D eigenvalue weighted by atomic mass is 32.2. The second-order valence-corrected chi connectivity index (χ2v) is 11.2. The van der Waals surface area contributed by atoms with Gasteiger partial charge in [0.1, 0.15) is 5.75 Å². The molecule has 0 unspecified atom stereocenters. The molecule has 3 heterocycles. The van der Waals surface area contributed by atoms with E-state index >= 15 is 0 Å². The molecule has 8 nitrogen and oxygen atoms in total. The number of aryl methyl sites for hydroxylation is 2. The maximum Gasteiger partial charge on any atom is 0.265 e. The molecule has 3 aliphatic rings. The Morgan fingerprint density at radius 3 is 2.76 bits per heavy atom. The molecule has 1 fully saturated rings. The summed E-state index contributed by atoms with van der Waals surface area (Å²) in [7, 11) is -3.84. The molecule has 5 rings (SSSR count). The monoisotopic (exact) mass is 483 g/mol. The molecule has 0 spiro atoms. The summed E-state index contributed by atoms with van der Waals surface area (Å²) in [6.07, 6.45) is 2.44. The van der Waals surface area contributed by atoms with Crippen molar-refractivity contribution in [3.8, 4) is 5.75 Å². The molecule has 34 heavy (non-hydrogen) atoms. The highest BCUT2D eigenvalue weighted by Gasteiger charge is 2.37. The van der Waals surface area contributed by atoms with E-state index in [0.29, 0.717) is 42.9 Å². The minimum atomic E-state index is -3.84. The molecular formula is C25H29N3O5S. The average molecular weight is 484 g/mol. The molecule has 0 bridgehead atoms. The van der Waals surface area contributed by atoms with Crippen molar-refractivity contribution in [2.45, 2.75) is 50.5 Å². The molecule has 2 aromatic carbocycles. The summed E-state index contributed by atoms with van der Waals surface area (Å²) in [6.45, 7) is 4.50. The van der Waals surface area contributed by atoms with Gasteiger partial charge in [-0.05, 0) is 62.8 Å². The number of fused-ring (bicyclic) bond motifs is 2. The van der Waals surface area contributed by atoms with E-state index in [1.54, 1.807) is 19.9 Å². The minimum Gasteiger partial charge on any atom is -0.479 e. The number of ether oxygens (including phenoxy) is 1. The Kier molecular flexibility index (Phi) is 5.85. The van der Waals surface area contributed by atoms with E-state index in [4.69, 9.17) is 4.74 Å². The van der Waals surface area contributed by atoms with Gasteiger partial charge in [-0.2, -0.15) is 4.31 Å². The second-order valence-electron chi connectivity index (χ2n) is 9.29. The van der Waals surface area contributed by atoms with Crippen LogP contribution in [0.15, 0.2) is 41.3 Å². The molecule has 9 heteroatoms. The van der Waals surface area contributed by atoms with Gasteiger partial charge in [0.05, 0.1) is 16.5 Å². The number of piperidine rings is 1. The van der Waals surface area contributed by atoms with E-state index in [0.717, 1.165) is 24.1 Å². The van der Waals surface area contributed by atoms with Gasteiger partial charge in [0.15, 0.2) is 6.10 Å². The molecule has 1 N–H and O–H groups in total. The number of carbonyl (C=O) groups excluding carboxylic acids is 2. The molecule has 2 aromatic rings. The van der Waals surface area contributed by atoms with Gasteiger partial charge in [-0.1, -0.05) is 18.2 Å². The van der Waals surface area contributed by atoms with Crippen LogP contribution in [0.3, 0.4) is 0 Å². The molecule has 2 amide bonds. The van der Waals surface area contributed by atoms with Gasteiger partial charge in [-0.15, -0.1) is 0 Å². The van der Waals surface area contributed by atoms with Crippen molar-refractivity contribution in [1.29, 1.82) is 0 Å². The predicted molar refractivity (Wildman–Crippen MR) is 128 cm³/mol. The van der Waals surface area contributed by atoms with Crippen molar-refractivity contribution in [2.75, 3.05) is 29.9 Å². The molecular weight excluding hydrogens is 454 g/mol. The number of anilines is 2. The average Bonchev–Trinajstić information content (AvgIpc) is 2.84. The Morgan fingerprint density at radius 2 is 1.94 bits per heavy atom. The summed E-state index contributed by atoms with van der Waals surface area (Å²) in [5.41, 5.74) is 3.09. The van der Waals surface area contributed by atoms with E-state index in [1.807, 2.05) is 23.1 Å². The Labute approximate surface area is 199 Å². The van der Waals surface area contributed by atoms with Crippen molar-refractivity contribution in [1.82, 2.24) is 4.31 Å². The number of nitrogens with zero attached hydrogens (tertiary/aromatic N) is 2. The summed E-state index contributed by atoms with van der Waals surface area (Å²) < 4.78 is 34.3. The molecule has 0 radical (unpaired) electrons. The fourth-order valence-electron chi connectivity index (χ4n) is 5.11. The molecule has 0 aliphatic carbocycles. The first kappa shape index (κ1) is 22.9. The van der Waals surface area contributed by atoms with Crippen LogP contribution < -0.4 is 15.0 Å². The number of hydrogen-bond acceptors (Lipinski definition) is 5. The van der Waals surface area contributed by atoms with Crippen LogP contribution in [0.4, 0.5) is 11.4 Å². The van der Waals surface area contributed by atoms with Crippen molar-refractivity contribution >= 4 is 33.2 Å². The summed E-state index contributed by atoms with van der Waals surface area (Å²) in [6, 6.07) is 11.1. The highest BCUT2D eigenvalue weighted by molar-refractivity contribution is 7.89. The maximum atomic E-state index is 13.6. The SMILES string of the molecule is Cc1cc2c(cc1S(=O)(=O)N1CCC[C@H](C(=O)N3CCCc4ccccc43)C1)O[C@@H](C)C(=O)N2. The lowest BCUT2D eigenvalue weighted by Gasteiger charge is -2.36. The number of sulfonamides is 1. The lowest BCUT2D eigenvalue weighted by molar-refractivity contribution is -0.123. The summed E-state index contributed by atoms with van der Waals surface area (Å²) in [4.78, 5) is 27.4. The fraction of sp³-hybridized carbons (Fsp3) is 0.440. The minimum absolute atomic E-state index is 0.00548. The Bertz CT molecular complexity index is 1260. The third-order valence-corrected chi connectivity index (χ3v) is 8.94. The van der Waals surface area contributed by atoms with Gasteiger partial charge in [0.25, 0.3) is 5.91 Å². The summed E-state index contributed by atoms with van der Waals surface area (Å²) in [5.74, 6) is -0.317. The first-order valence-electron chi connectivity index (χ1n) is 11.8. The number of rotatable bonds is 3.